The van der Waals surface area contributed by atoms with Gasteiger partial charge in [-0.25, -0.2) is 4.99 Å². The van der Waals surface area contributed by atoms with E-state index in [9.17, 15) is 4.79 Å². The molecule has 1 fully saturated rings. The average Bonchev–Trinajstić information content (AvgIpc) is 3.11. The van der Waals surface area contributed by atoms with Crippen molar-refractivity contribution < 1.29 is 14.3 Å². The number of pyridine rings is 1. The van der Waals surface area contributed by atoms with Crippen LogP contribution in [-0.2, 0) is 27.2 Å². The lowest BCUT2D eigenvalue weighted by atomic mass is 9.94. The van der Waals surface area contributed by atoms with Crippen LogP contribution in [0.2, 0.25) is 0 Å². The van der Waals surface area contributed by atoms with Gasteiger partial charge in [0.25, 0.3) is 0 Å². The Morgan fingerprint density at radius 2 is 2.04 bits per heavy atom. The molecule has 0 bridgehead atoms. The molecule has 0 amide bonds. The molecule has 0 radical (unpaired) electrons. The summed E-state index contributed by atoms with van der Waals surface area (Å²) in [6, 6.07) is 12.2. The van der Waals surface area contributed by atoms with E-state index in [4.69, 9.17) is 9.47 Å². The van der Waals surface area contributed by atoms with Crippen LogP contribution in [0.3, 0.4) is 0 Å². The lowest BCUT2D eigenvalue weighted by Gasteiger charge is -2.23. The fourth-order valence-corrected chi connectivity index (χ4v) is 3.78. The number of rotatable bonds is 6. The molecule has 2 aromatic rings. The molecular weight excluding hydrogens is 352 g/mol. The topological polar surface area (TPSA) is 60.8 Å². The Balaban J connectivity index is 1.35. The molecule has 2 aliphatic rings. The highest BCUT2D eigenvalue weighted by Crippen LogP contribution is 2.24. The zero-order valence-corrected chi connectivity index (χ0v) is 16.3. The van der Waals surface area contributed by atoms with Crippen LogP contribution in [0.5, 0.6) is 0 Å². The van der Waals surface area contributed by atoms with Crippen LogP contribution in [0.1, 0.15) is 54.5 Å². The highest BCUT2D eigenvalue weighted by Gasteiger charge is 2.24. The average molecular weight is 378 g/mol. The number of carbonyl (C=O) groups excluding carboxylic acids is 1. The van der Waals surface area contributed by atoms with E-state index < -0.39 is 0 Å². The van der Waals surface area contributed by atoms with Crippen molar-refractivity contribution in [3.05, 3.63) is 65.0 Å². The summed E-state index contributed by atoms with van der Waals surface area (Å²) in [6.07, 6.45) is 4.66. The van der Waals surface area contributed by atoms with Gasteiger partial charge in [-0.05, 0) is 23.1 Å². The second-order valence-electron chi connectivity index (χ2n) is 7.62. The van der Waals surface area contributed by atoms with Gasteiger partial charge in [0.1, 0.15) is 11.9 Å². The summed E-state index contributed by atoms with van der Waals surface area (Å²) >= 11 is 0. The molecule has 1 aromatic carbocycles. The summed E-state index contributed by atoms with van der Waals surface area (Å²) in [7, 11) is 0. The lowest BCUT2D eigenvalue weighted by Crippen LogP contribution is -2.26. The Morgan fingerprint density at radius 3 is 2.82 bits per heavy atom. The lowest BCUT2D eigenvalue weighted by molar-refractivity contribution is -0.118. The van der Waals surface area contributed by atoms with Crippen molar-refractivity contribution >= 4 is 11.7 Å². The van der Waals surface area contributed by atoms with Gasteiger partial charge in [-0.2, -0.15) is 0 Å². The number of ether oxygens (including phenoxy) is 2. The quantitative estimate of drug-likeness (QED) is 0.766. The van der Waals surface area contributed by atoms with E-state index in [1.807, 2.05) is 30.5 Å². The molecule has 0 unspecified atom stereocenters. The fourth-order valence-electron chi connectivity index (χ4n) is 3.78. The zero-order chi connectivity index (χ0) is 19.3. The van der Waals surface area contributed by atoms with Crippen molar-refractivity contribution in [1.29, 1.82) is 0 Å². The van der Waals surface area contributed by atoms with Gasteiger partial charge in [0.15, 0.2) is 0 Å². The molecule has 3 heterocycles. The first-order valence-corrected chi connectivity index (χ1v) is 10.0. The number of benzene rings is 1. The minimum Gasteiger partial charge on any atom is -0.474 e. The van der Waals surface area contributed by atoms with E-state index in [1.54, 1.807) is 0 Å². The zero-order valence-electron chi connectivity index (χ0n) is 16.3. The molecule has 1 aromatic heterocycles. The van der Waals surface area contributed by atoms with E-state index in [0.717, 1.165) is 42.9 Å². The summed E-state index contributed by atoms with van der Waals surface area (Å²) in [4.78, 5) is 21.6. The number of aliphatic imine (C=N–C) groups is 1. The molecule has 4 rings (SSSR count). The summed E-state index contributed by atoms with van der Waals surface area (Å²) in [6.45, 7) is 4.17. The Hall–Kier alpha value is -2.53. The normalized spacial score (nSPS) is 17.7. The Kier molecular flexibility index (Phi) is 5.81. The molecule has 2 aliphatic heterocycles. The predicted octanol–water partition coefficient (Wildman–Crippen LogP) is 3.84. The second kappa shape index (κ2) is 8.65. The third-order valence-electron chi connectivity index (χ3n) is 5.40. The van der Waals surface area contributed by atoms with Crippen LogP contribution in [0.4, 0.5) is 0 Å². The molecule has 0 N–H and O–H groups in total. The van der Waals surface area contributed by atoms with Gasteiger partial charge in [0.05, 0.1) is 25.3 Å². The first-order chi connectivity index (χ1) is 13.7. The largest absolute Gasteiger partial charge is 0.474 e. The third-order valence-corrected chi connectivity index (χ3v) is 5.40. The Bertz CT molecular complexity index is 857. The van der Waals surface area contributed by atoms with Crippen molar-refractivity contribution in [2.75, 3.05) is 13.2 Å². The number of carbonyl (C=O) groups is 1. The number of nitrogens with zero attached hydrogens (tertiary/aromatic N) is 2. The van der Waals surface area contributed by atoms with Crippen LogP contribution in [0, 0.1) is 0 Å². The molecule has 28 heavy (non-hydrogen) atoms. The van der Waals surface area contributed by atoms with E-state index in [2.05, 4.69) is 29.0 Å². The maximum atomic E-state index is 12.5. The van der Waals surface area contributed by atoms with Crippen LogP contribution >= 0.6 is 0 Å². The molecule has 0 saturated carbocycles. The maximum Gasteiger partial charge on any atom is 0.218 e. The number of aromatic nitrogens is 1. The molecule has 1 saturated heterocycles. The summed E-state index contributed by atoms with van der Waals surface area (Å²) < 4.78 is 11.4. The smallest absolute Gasteiger partial charge is 0.218 e. The predicted molar refractivity (Wildman–Crippen MR) is 108 cm³/mol. The fraction of sp³-hybridized carbons (Fsp3) is 0.435. The van der Waals surface area contributed by atoms with Gasteiger partial charge in [-0.15, -0.1) is 0 Å². The van der Waals surface area contributed by atoms with E-state index in [-0.39, 0.29) is 17.8 Å². The minimum absolute atomic E-state index is 0.166. The van der Waals surface area contributed by atoms with Crippen molar-refractivity contribution in [3.63, 3.8) is 0 Å². The number of hydrogen-bond donors (Lipinski definition) is 0. The van der Waals surface area contributed by atoms with Gasteiger partial charge >= 0.3 is 0 Å². The van der Waals surface area contributed by atoms with Gasteiger partial charge in [0, 0.05) is 37.6 Å². The van der Waals surface area contributed by atoms with E-state index in [0.29, 0.717) is 25.3 Å². The van der Waals surface area contributed by atoms with Crippen molar-refractivity contribution in [2.24, 2.45) is 4.99 Å². The third kappa shape index (κ3) is 4.47. The van der Waals surface area contributed by atoms with E-state index in [1.165, 1.54) is 5.56 Å². The molecule has 146 valence electrons. The molecule has 1 atom stereocenters. The molecule has 0 aliphatic carbocycles. The van der Waals surface area contributed by atoms with Gasteiger partial charge in [-0.3, -0.25) is 9.78 Å². The van der Waals surface area contributed by atoms with Gasteiger partial charge in [-0.1, -0.05) is 37.3 Å². The first-order valence-electron chi connectivity index (χ1n) is 10.0. The van der Waals surface area contributed by atoms with Crippen molar-refractivity contribution in [2.45, 2.75) is 51.2 Å². The number of hydrogen-bond acceptors (Lipinski definition) is 5. The van der Waals surface area contributed by atoms with Crippen LogP contribution in [0.25, 0.3) is 0 Å². The van der Waals surface area contributed by atoms with Crippen molar-refractivity contribution in [3.8, 4) is 0 Å². The molecular formula is C23H26N2O3. The van der Waals surface area contributed by atoms with Crippen LogP contribution in [0.15, 0.2) is 47.6 Å². The number of Topliss-reactive ketones (excluding diaryl/α,β-unsaturated/α-hetero) is 1. The highest BCUT2D eigenvalue weighted by atomic mass is 16.5. The molecule has 0 spiro atoms. The summed E-state index contributed by atoms with van der Waals surface area (Å²) in [5.74, 6) is 1.11. The number of fused-ring (bicyclic) bond motifs is 1. The van der Waals surface area contributed by atoms with Gasteiger partial charge in [0.2, 0.25) is 5.90 Å². The Labute approximate surface area is 165 Å². The van der Waals surface area contributed by atoms with Crippen LogP contribution < -0.4 is 0 Å². The standard InChI is InChI=1S/C23H26N2O3/c1-16(17-5-3-2-4-6-17)11-20(26)13-19-12-18-14-25-23(22(18)15-24-19)28-21-7-9-27-10-8-21/h2-6,12,15-16,21H,7-11,13-14H2,1H3/t16-/m0/s1. The number of ketones is 1. The minimum atomic E-state index is 0.166. The highest BCUT2D eigenvalue weighted by molar-refractivity contribution is 5.97. The molecule has 5 nitrogen and oxygen atoms in total. The molecule has 5 heteroatoms. The second-order valence-corrected chi connectivity index (χ2v) is 7.62. The monoisotopic (exact) mass is 378 g/mol. The first kappa shape index (κ1) is 18.8. The maximum absolute atomic E-state index is 12.5. The van der Waals surface area contributed by atoms with Gasteiger partial charge < -0.3 is 9.47 Å². The van der Waals surface area contributed by atoms with Crippen molar-refractivity contribution in [1.82, 2.24) is 4.98 Å². The van der Waals surface area contributed by atoms with Crippen LogP contribution in [-0.4, -0.2) is 36.0 Å². The summed E-state index contributed by atoms with van der Waals surface area (Å²) in [5.41, 5.74) is 4.06. The SMILES string of the molecule is C[C@@H](CC(=O)Cc1cc2c(cn1)C(OC1CCOCC1)=NC2)c1ccccc1. The Morgan fingerprint density at radius 1 is 1.25 bits per heavy atom. The summed E-state index contributed by atoms with van der Waals surface area (Å²) in [5, 5.41) is 0. The van der Waals surface area contributed by atoms with E-state index >= 15 is 0 Å².